The number of methoxy groups -OCH3 is 1. The van der Waals surface area contributed by atoms with E-state index in [4.69, 9.17) is 9.47 Å². The molecule has 0 unspecified atom stereocenters. The maximum absolute atomic E-state index is 12.5. The van der Waals surface area contributed by atoms with Crippen LogP contribution < -0.4 is 9.47 Å². The average molecular weight is 396 g/mol. The van der Waals surface area contributed by atoms with Gasteiger partial charge in [0.05, 0.1) is 12.6 Å². The third-order valence-electron chi connectivity index (χ3n) is 4.79. The molecule has 3 heterocycles. The number of benzene rings is 1. The second-order valence-electron chi connectivity index (χ2n) is 6.46. The molecule has 0 atom stereocenters. The van der Waals surface area contributed by atoms with Crippen molar-refractivity contribution in [2.24, 2.45) is 0 Å². The standard InChI is InChI=1S/C20H20N4O3S/c1-26-15-2-4-16(5-3-15)27-19-18(21-8-9-22-19)14-6-10-24(11-7-14)20(25)17-12-28-13-23-17/h2-5,8-9,12-14H,6-7,10-11H2,1H3. The van der Waals surface area contributed by atoms with Crippen molar-refractivity contribution in [1.82, 2.24) is 19.9 Å². The number of thiazole rings is 1. The molecule has 8 heteroatoms. The molecule has 0 N–H and O–H groups in total. The van der Waals surface area contributed by atoms with E-state index in [2.05, 4.69) is 15.0 Å². The minimum absolute atomic E-state index is 0.00597. The lowest BCUT2D eigenvalue weighted by molar-refractivity contribution is 0.0706. The number of ether oxygens (including phenoxy) is 2. The monoisotopic (exact) mass is 396 g/mol. The van der Waals surface area contributed by atoms with E-state index >= 15 is 0 Å². The highest BCUT2D eigenvalue weighted by atomic mass is 32.1. The van der Waals surface area contributed by atoms with Gasteiger partial charge < -0.3 is 14.4 Å². The van der Waals surface area contributed by atoms with Crippen LogP contribution in [0.2, 0.25) is 0 Å². The van der Waals surface area contributed by atoms with Gasteiger partial charge in [0.2, 0.25) is 5.88 Å². The fourth-order valence-corrected chi connectivity index (χ4v) is 3.81. The van der Waals surface area contributed by atoms with E-state index in [-0.39, 0.29) is 11.8 Å². The van der Waals surface area contributed by atoms with Gasteiger partial charge in [-0.1, -0.05) is 0 Å². The minimum atomic E-state index is -0.00597. The predicted molar refractivity (Wildman–Crippen MR) is 105 cm³/mol. The SMILES string of the molecule is COc1ccc(Oc2nccnc2C2CCN(C(=O)c3cscn3)CC2)cc1. The van der Waals surface area contributed by atoms with Gasteiger partial charge in [0.25, 0.3) is 5.91 Å². The van der Waals surface area contributed by atoms with Crippen LogP contribution in [0.3, 0.4) is 0 Å². The molecule has 1 saturated heterocycles. The van der Waals surface area contributed by atoms with E-state index in [9.17, 15) is 4.79 Å². The molecule has 0 saturated carbocycles. The molecule has 1 aromatic carbocycles. The Labute approximate surface area is 167 Å². The maximum atomic E-state index is 12.5. The summed E-state index contributed by atoms with van der Waals surface area (Å²) in [5, 5.41) is 1.79. The largest absolute Gasteiger partial charge is 0.497 e. The summed E-state index contributed by atoms with van der Waals surface area (Å²) in [6.07, 6.45) is 4.94. The van der Waals surface area contributed by atoms with E-state index in [0.717, 1.165) is 24.3 Å². The van der Waals surface area contributed by atoms with Crippen molar-refractivity contribution < 1.29 is 14.3 Å². The van der Waals surface area contributed by atoms with Crippen molar-refractivity contribution in [1.29, 1.82) is 0 Å². The molecular formula is C20H20N4O3S. The Morgan fingerprint density at radius 2 is 1.79 bits per heavy atom. The van der Waals surface area contributed by atoms with E-state index in [1.54, 1.807) is 30.4 Å². The van der Waals surface area contributed by atoms with Crippen molar-refractivity contribution in [2.45, 2.75) is 18.8 Å². The van der Waals surface area contributed by atoms with Gasteiger partial charge in [-0.05, 0) is 37.1 Å². The Morgan fingerprint density at radius 3 is 2.46 bits per heavy atom. The molecule has 2 aromatic heterocycles. The van der Waals surface area contributed by atoms with E-state index in [1.165, 1.54) is 11.3 Å². The summed E-state index contributed by atoms with van der Waals surface area (Å²) >= 11 is 1.43. The molecule has 1 amide bonds. The van der Waals surface area contributed by atoms with Gasteiger partial charge >= 0.3 is 0 Å². The maximum Gasteiger partial charge on any atom is 0.273 e. The lowest BCUT2D eigenvalue weighted by Gasteiger charge is -2.31. The number of hydrogen-bond donors (Lipinski definition) is 0. The van der Waals surface area contributed by atoms with Crippen molar-refractivity contribution in [3.05, 3.63) is 58.9 Å². The van der Waals surface area contributed by atoms with Crippen LogP contribution in [0.4, 0.5) is 0 Å². The summed E-state index contributed by atoms with van der Waals surface area (Å²) in [5.74, 6) is 2.15. The molecule has 7 nitrogen and oxygen atoms in total. The van der Waals surface area contributed by atoms with Crippen LogP contribution in [-0.4, -0.2) is 46.0 Å². The van der Waals surface area contributed by atoms with Gasteiger partial charge in [-0.3, -0.25) is 9.78 Å². The molecule has 4 rings (SSSR count). The molecular weight excluding hydrogens is 376 g/mol. The van der Waals surface area contributed by atoms with Gasteiger partial charge in [-0.2, -0.15) is 0 Å². The fourth-order valence-electron chi connectivity index (χ4n) is 3.29. The van der Waals surface area contributed by atoms with Gasteiger partial charge in [0.1, 0.15) is 22.9 Å². The van der Waals surface area contributed by atoms with Crippen LogP contribution in [0.5, 0.6) is 17.4 Å². The summed E-state index contributed by atoms with van der Waals surface area (Å²) in [6, 6.07) is 7.36. The van der Waals surface area contributed by atoms with Crippen LogP contribution in [0.15, 0.2) is 47.5 Å². The molecule has 1 aliphatic heterocycles. The Morgan fingerprint density at radius 1 is 1.07 bits per heavy atom. The molecule has 0 spiro atoms. The van der Waals surface area contributed by atoms with Crippen LogP contribution in [0.25, 0.3) is 0 Å². The third kappa shape index (κ3) is 3.96. The number of piperidine rings is 1. The lowest BCUT2D eigenvalue weighted by atomic mass is 9.93. The Balaban J connectivity index is 1.44. The first-order valence-corrected chi connectivity index (χ1v) is 9.99. The number of nitrogens with zero attached hydrogens (tertiary/aromatic N) is 4. The smallest absolute Gasteiger partial charge is 0.273 e. The van der Waals surface area contributed by atoms with Gasteiger partial charge in [-0.15, -0.1) is 11.3 Å². The van der Waals surface area contributed by atoms with Gasteiger partial charge in [0.15, 0.2) is 0 Å². The molecule has 3 aromatic rings. The predicted octanol–water partition coefficient (Wildman–Crippen LogP) is 3.75. The van der Waals surface area contributed by atoms with Crippen LogP contribution in [0.1, 0.15) is 34.9 Å². The highest BCUT2D eigenvalue weighted by molar-refractivity contribution is 7.07. The summed E-state index contributed by atoms with van der Waals surface area (Å²) in [4.78, 5) is 27.3. The first-order chi connectivity index (χ1) is 13.7. The van der Waals surface area contributed by atoms with Crippen molar-refractivity contribution in [3.8, 4) is 17.4 Å². The fraction of sp³-hybridized carbons (Fsp3) is 0.300. The van der Waals surface area contributed by atoms with Crippen molar-refractivity contribution in [2.75, 3.05) is 20.2 Å². The molecule has 0 bridgehead atoms. The van der Waals surface area contributed by atoms with Crippen molar-refractivity contribution >= 4 is 17.2 Å². The Hall–Kier alpha value is -3.00. The second kappa shape index (κ2) is 8.35. The summed E-state index contributed by atoms with van der Waals surface area (Å²) in [5.41, 5.74) is 3.04. The molecule has 1 aliphatic rings. The number of carbonyl (C=O) groups excluding carboxylic acids is 1. The number of aromatic nitrogens is 3. The highest BCUT2D eigenvalue weighted by Crippen LogP contribution is 2.34. The molecule has 0 aliphatic carbocycles. The second-order valence-corrected chi connectivity index (χ2v) is 7.18. The first-order valence-electron chi connectivity index (χ1n) is 9.05. The van der Waals surface area contributed by atoms with Crippen molar-refractivity contribution in [3.63, 3.8) is 0 Å². The third-order valence-corrected chi connectivity index (χ3v) is 5.37. The highest BCUT2D eigenvalue weighted by Gasteiger charge is 2.28. The summed E-state index contributed by atoms with van der Waals surface area (Å²) in [7, 11) is 1.63. The van der Waals surface area contributed by atoms with Crippen LogP contribution >= 0.6 is 11.3 Å². The molecule has 1 fully saturated rings. The minimum Gasteiger partial charge on any atom is -0.497 e. The van der Waals surface area contributed by atoms with Crippen LogP contribution in [-0.2, 0) is 0 Å². The number of amides is 1. The zero-order valence-electron chi connectivity index (χ0n) is 15.4. The topological polar surface area (TPSA) is 77.4 Å². The zero-order chi connectivity index (χ0) is 19.3. The number of rotatable bonds is 5. The van der Waals surface area contributed by atoms with Crippen LogP contribution in [0, 0.1) is 0 Å². The van der Waals surface area contributed by atoms with E-state index < -0.39 is 0 Å². The number of hydrogen-bond acceptors (Lipinski definition) is 7. The Kier molecular flexibility index (Phi) is 5.48. The quantitative estimate of drug-likeness (QED) is 0.654. The van der Waals surface area contributed by atoms with E-state index in [1.807, 2.05) is 29.2 Å². The number of carbonyl (C=O) groups is 1. The average Bonchev–Trinajstić information content (AvgIpc) is 3.29. The first kappa shape index (κ1) is 18.4. The molecule has 28 heavy (non-hydrogen) atoms. The lowest BCUT2D eigenvalue weighted by Crippen LogP contribution is -2.38. The molecule has 0 radical (unpaired) electrons. The normalized spacial score (nSPS) is 14.7. The molecule has 144 valence electrons. The summed E-state index contributed by atoms with van der Waals surface area (Å²) < 4.78 is 11.2. The van der Waals surface area contributed by atoms with E-state index in [0.29, 0.717) is 30.4 Å². The zero-order valence-corrected chi connectivity index (χ0v) is 16.3. The van der Waals surface area contributed by atoms with Gasteiger partial charge in [0, 0.05) is 36.8 Å². The Bertz CT molecular complexity index is 923. The summed E-state index contributed by atoms with van der Waals surface area (Å²) in [6.45, 7) is 1.33. The van der Waals surface area contributed by atoms with Gasteiger partial charge in [-0.25, -0.2) is 9.97 Å². The number of likely N-dealkylation sites (tertiary alicyclic amines) is 1.